The molecule has 2 heterocycles. The minimum Gasteiger partial charge on any atom is -0.457 e. The SMILES string of the molecule is Cc1cccc(C(=O)Nc2cccc(Oc3cccc(Oc4ccc5c(-c6cc7ccccc7[nH]6)n[nH]c5c4)c3)c2)c1. The molecule has 7 nitrogen and oxygen atoms in total. The summed E-state index contributed by atoms with van der Waals surface area (Å²) in [5.74, 6) is 2.34. The zero-order chi connectivity index (χ0) is 28.5. The summed E-state index contributed by atoms with van der Waals surface area (Å²) in [5, 5.41) is 12.8. The van der Waals surface area contributed by atoms with Crippen molar-refractivity contribution in [3.63, 3.8) is 0 Å². The van der Waals surface area contributed by atoms with Crippen LogP contribution in [0.1, 0.15) is 15.9 Å². The Morgan fingerprint density at radius 3 is 2.24 bits per heavy atom. The first-order valence-corrected chi connectivity index (χ1v) is 13.6. The fourth-order valence-electron chi connectivity index (χ4n) is 4.97. The van der Waals surface area contributed by atoms with Gasteiger partial charge < -0.3 is 19.8 Å². The Hall–Kier alpha value is -5.82. The maximum Gasteiger partial charge on any atom is 0.255 e. The molecule has 2 aromatic heterocycles. The molecule has 0 atom stereocenters. The van der Waals surface area contributed by atoms with Crippen LogP contribution >= 0.6 is 0 Å². The maximum atomic E-state index is 12.7. The third-order valence-electron chi connectivity index (χ3n) is 6.97. The molecule has 42 heavy (non-hydrogen) atoms. The normalized spacial score (nSPS) is 11.1. The largest absolute Gasteiger partial charge is 0.457 e. The third kappa shape index (κ3) is 5.19. The van der Waals surface area contributed by atoms with Crippen molar-refractivity contribution in [2.24, 2.45) is 0 Å². The fraction of sp³-hybridized carbons (Fsp3) is 0.0286. The van der Waals surface area contributed by atoms with Crippen molar-refractivity contribution in [3.05, 3.63) is 132 Å². The number of fused-ring (bicyclic) bond motifs is 2. The number of nitrogens with one attached hydrogen (secondary N) is 3. The number of nitrogens with zero attached hydrogens (tertiary/aromatic N) is 1. The number of aryl methyl sites for hydroxylation is 1. The van der Waals surface area contributed by atoms with Crippen molar-refractivity contribution < 1.29 is 14.3 Å². The van der Waals surface area contributed by atoms with Crippen LogP contribution in [-0.4, -0.2) is 21.1 Å². The van der Waals surface area contributed by atoms with E-state index in [1.54, 1.807) is 12.1 Å². The molecule has 5 aromatic carbocycles. The number of carbonyl (C=O) groups is 1. The first-order valence-electron chi connectivity index (χ1n) is 13.6. The Bertz CT molecular complexity index is 2040. The van der Waals surface area contributed by atoms with E-state index in [-0.39, 0.29) is 5.91 Å². The average Bonchev–Trinajstić information content (AvgIpc) is 3.61. The van der Waals surface area contributed by atoms with Crippen LogP contribution in [0.15, 0.2) is 121 Å². The Kier molecular flexibility index (Phi) is 6.37. The van der Waals surface area contributed by atoms with Gasteiger partial charge in [-0.05, 0) is 67.6 Å². The van der Waals surface area contributed by atoms with E-state index in [1.807, 2.05) is 97.9 Å². The predicted molar refractivity (Wildman–Crippen MR) is 166 cm³/mol. The van der Waals surface area contributed by atoms with Gasteiger partial charge in [0.25, 0.3) is 5.91 Å². The molecule has 7 heteroatoms. The van der Waals surface area contributed by atoms with Gasteiger partial charge in [0.2, 0.25) is 0 Å². The van der Waals surface area contributed by atoms with Gasteiger partial charge in [-0.15, -0.1) is 0 Å². The summed E-state index contributed by atoms with van der Waals surface area (Å²) in [6.07, 6.45) is 0. The molecule has 3 N–H and O–H groups in total. The van der Waals surface area contributed by atoms with E-state index < -0.39 is 0 Å². The molecular weight excluding hydrogens is 524 g/mol. The molecule has 0 saturated carbocycles. The molecule has 0 unspecified atom stereocenters. The van der Waals surface area contributed by atoms with Gasteiger partial charge in [0.15, 0.2) is 0 Å². The topological polar surface area (TPSA) is 92.0 Å². The summed E-state index contributed by atoms with van der Waals surface area (Å²) in [7, 11) is 0. The van der Waals surface area contributed by atoms with Crippen LogP contribution in [0.5, 0.6) is 23.0 Å². The van der Waals surface area contributed by atoms with Crippen LogP contribution < -0.4 is 14.8 Å². The summed E-state index contributed by atoms with van der Waals surface area (Å²) in [4.78, 5) is 16.1. The highest BCUT2D eigenvalue weighted by atomic mass is 16.5. The minimum absolute atomic E-state index is 0.172. The van der Waals surface area contributed by atoms with Crippen LogP contribution in [0.25, 0.3) is 33.2 Å². The summed E-state index contributed by atoms with van der Waals surface area (Å²) in [6.45, 7) is 1.96. The molecule has 204 valence electrons. The van der Waals surface area contributed by atoms with E-state index in [4.69, 9.17) is 9.47 Å². The van der Waals surface area contributed by atoms with Gasteiger partial charge in [-0.1, -0.05) is 48.0 Å². The highest BCUT2D eigenvalue weighted by molar-refractivity contribution is 6.04. The number of amides is 1. The average molecular weight is 551 g/mol. The highest BCUT2D eigenvalue weighted by Crippen LogP contribution is 2.33. The van der Waals surface area contributed by atoms with Gasteiger partial charge in [0.05, 0.1) is 11.2 Å². The van der Waals surface area contributed by atoms with E-state index in [9.17, 15) is 4.79 Å². The second kappa shape index (κ2) is 10.6. The number of para-hydroxylation sites is 1. The van der Waals surface area contributed by atoms with Crippen molar-refractivity contribution in [2.75, 3.05) is 5.32 Å². The lowest BCUT2D eigenvalue weighted by atomic mass is 10.1. The number of H-pyrrole nitrogens is 2. The van der Waals surface area contributed by atoms with Crippen LogP contribution in [0.2, 0.25) is 0 Å². The van der Waals surface area contributed by atoms with Crippen LogP contribution in [0.3, 0.4) is 0 Å². The first-order chi connectivity index (χ1) is 20.6. The van der Waals surface area contributed by atoms with Gasteiger partial charge >= 0.3 is 0 Å². The molecule has 0 radical (unpaired) electrons. The Morgan fingerprint density at radius 1 is 0.690 bits per heavy atom. The van der Waals surface area contributed by atoms with Crippen molar-refractivity contribution in [1.82, 2.24) is 15.2 Å². The quantitative estimate of drug-likeness (QED) is 0.185. The van der Waals surface area contributed by atoms with E-state index >= 15 is 0 Å². The second-order valence-corrected chi connectivity index (χ2v) is 10.1. The number of rotatable bonds is 7. The maximum absolute atomic E-state index is 12.7. The van der Waals surface area contributed by atoms with Gasteiger partial charge in [-0.3, -0.25) is 9.89 Å². The summed E-state index contributed by atoms with van der Waals surface area (Å²) >= 11 is 0. The molecule has 0 saturated heterocycles. The lowest BCUT2D eigenvalue weighted by molar-refractivity contribution is 0.102. The summed E-state index contributed by atoms with van der Waals surface area (Å²) in [5.41, 5.74) is 6.05. The van der Waals surface area contributed by atoms with Crippen molar-refractivity contribution in [1.29, 1.82) is 0 Å². The molecule has 0 aliphatic heterocycles. The number of hydrogen-bond donors (Lipinski definition) is 3. The van der Waals surface area contributed by atoms with Crippen LogP contribution in [0, 0.1) is 6.92 Å². The molecule has 0 aliphatic carbocycles. The lowest BCUT2D eigenvalue weighted by Crippen LogP contribution is -2.11. The van der Waals surface area contributed by atoms with Gasteiger partial charge in [0.1, 0.15) is 28.7 Å². The number of ether oxygens (including phenoxy) is 2. The van der Waals surface area contributed by atoms with E-state index in [0.717, 1.165) is 38.8 Å². The van der Waals surface area contributed by atoms with E-state index in [0.29, 0.717) is 34.2 Å². The number of aromatic amines is 2. The Labute approximate surface area is 241 Å². The molecule has 0 aliphatic rings. The van der Waals surface area contributed by atoms with Gasteiger partial charge in [-0.2, -0.15) is 5.10 Å². The fourth-order valence-corrected chi connectivity index (χ4v) is 4.97. The third-order valence-corrected chi connectivity index (χ3v) is 6.97. The molecule has 7 aromatic rings. The monoisotopic (exact) mass is 550 g/mol. The first kappa shape index (κ1) is 25.2. The van der Waals surface area contributed by atoms with Crippen LogP contribution in [0.4, 0.5) is 5.69 Å². The Morgan fingerprint density at radius 2 is 1.43 bits per heavy atom. The van der Waals surface area contributed by atoms with Gasteiger partial charge in [-0.25, -0.2) is 0 Å². The number of hydrogen-bond acceptors (Lipinski definition) is 4. The van der Waals surface area contributed by atoms with E-state index in [1.165, 1.54) is 0 Å². The molecule has 0 spiro atoms. The molecule has 0 bridgehead atoms. The minimum atomic E-state index is -0.172. The zero-order valence-corrected chi connectivity index (χ0v) is 22.7. The van der Waals surface area contributed by atoms with Crippen molar-refractivity contribution in [3.8, 4) is 34.4 Å². The predicted octanol–water partition coefficient (Wildman–Crippen LogP) is 8.86. The number of aromatic nitrogens is 3. The lowest BCUT2D eigenvalue weighted by Gasteiger charge is -2.11. The number of carbonyl (C=O) groups excluding carboxylic acids is 1. The molecular formula is C35H26N4O3. The van der Waals surface area contributed by atoms with Crippen molar-refractivity contribution in [2.45, 2.75) is 6.92 Å². The van der Waals surface area contributed by atoms with E-state index in [2.05, 4.69) is 38.7 Å². The van der Waals surface area contributed by atoms with Crippen LogP contribution in [-0.2, 0) is 0 Å². The molecule has 1 amide bonds. The zero-order valence-electron chi connectivity index (χ0n) is 22.7. The Balaban J connectivity index is 1.06. The number of anilines is 1. The highest BCUT2D eigenvalue weighted by Gasteiger charge is 2.13. The van der Waals surface area contributed by atoms with Crippen molar-refractivity contribution >= 4 is 33.4 Å². The molecule has 0 fully saturated rings. The second-order valence-electron chi connectivity index (χ2n) is 10.1. The summed E-state index contributed by atoms with van der Waals surface area (Å²) < 4.78 is 12.3. The summed E-state index contributed by atoms with van der Waals surface area (Å²) in [6, 6.07) is 38.3. The number of benzene rings is 5. The standard InChI is InChI=1S/C35H26N4O3/c1-22-7-4-9-24(17-22)35(40)36-25-10-5-11-26(19-25)41-27-12-6-13-28(20-27)42-29-15-16-30-32(21-29)38-39-34(30)33-18-23-8-2-3-14-31(23)37-33/h2-21,37H,1H3,(H,36,40)(H,38,39). The smallest absolute Gasteiger partial charge is 0.255 e. The van der Waals surface area contributed by atoms with Gasteiger partial charge in [0, 0.05) is 45.7 Å². The molecule has 7 rings (SSSR count).